The lowest BCUT2D eigenvalue weighted by molar-refractivity contribution is -0.146. The van der Waals surface area contributed by atoms with E-state index in [1.54, 1.807) is 11.8 Å². The second-order valence-electron chi connectivity index (χ2n) is 6.78. The van der Waals surface area contributed by atoms with Gasteiger partial charge in [0.05, 0.1) is 6.42 Å². The SMILES string of the molecule is Cc1ccccc1COc1cccc(CC(=O)NC2(C(=O)O)CCSC2)c1. The molecule has 1 aliphatic heterocycles. The lowest BCUT2D eigenvalue weighted by Crippen LogP contribution is -2.55. The number of thioether (sulfide) groups is 1. The van der Waals surface area contributed by atoms with Gasteiger partial charge in [-0.25, -0.2) is 4.79 Å². The summed E-state index contributed by atoms with van der Waals surface area (Å²) in [5.41, 5.74) is 1.94. The summed E-state index contributed by atoms with van der Waals surface area (Å²) in [6.07, 6.45) is 0.583. The summed E-state index contributed by atoms with van der Waals surface area (Å²) in [6, 6.07) is 15.4. The normalized spacial score (nSPS) is 18.9. The summed E-state index contributed by atoms with van der Waals surface area (Å²) in [7, 11) is 0. The van der Waals surface area contributed by atoms with Crippen LogP contribution >= 0.6 is 11.8 Å². The summed E-state index contributed by atoms with van der Waals surface area (Å²) in [6.45, 7) is 2.50. The third-order valence-electron chi connectivity index (χ3n) is 4.73. The fraction of sp³-hybridized carbons (Fsp3) is 0.333. The molecule has 1 atom stereocenters. The molecule has 3 rings (SSSR count). The predicted octanol–water partition coefficient (Wildman–Crippen LogP) is 3.19. The van der Waals surface area contributed by atoms with Crippen LogP contribution in [0.15, 0.2) is 48.5 Å². The Hall–Kier alpha value is -2.47. The molecule has 27 heavy (non-hydrogen) atoms. The number of rotatable bonds is 7. The maximum Gasteiger partial charge on any atom is 0.330 e. The summed E-state index contributed by atoms with van der Waals surface area (Å²) in [5, 5.41) is 12.2. The van der Waals surface area contributed by atoms with E-state index < -0.39 is 11.5 Å². The van der Waals surface area contributed by atoms with Crippen LogP contribution in [0.5, 0.6) is 5.75 Å². The molecule has 0 saturated carbocycles. The molecular formula is C21H23NO4S. The highest BCUT2D eigenvalue weighted by molar-refractivity contribution is 7.99. The van der Waals surface area contributed by atoms with Gasteiger partial charge >= 0.3 is 5.97 Å². The van der Waals surface area contributed by atoms with E-state index >= 15 is 0 Å². The van der Waals surface area contributed by atoms with Crippen molar-refractivity contribution >= 4 is 23.6 Å². The largest absolute Gasteiger partial charge is 0.489 e. The minimum Gasteiger partial charge on any atom is -0.489 e. The molecule has 6 heteroatoms. The van der Waals surface area contributed by atoms with Crippen molar-refractivity contribution in [2.24, 2.45) is 0 Å². The van der Waals surface area contributed by atoms with Crippen molar-refractivity contribution in [2.45, 2.75) is 31.9 Å². The van der Waals surface area contributed by atoms with Gasteiger partial charge in [-0.15, -0.1) is 0 Å². The molecule has 0 spiro atoms. The van der Waals surface area contributed by atoms with Crippen LogP contribution in [0, 0.1) is 6.92 Å². The minimum atomic E-state index is -1.14. The first-order valence-corrected chi connectivity index (χ1v) is 10.0. The molecule has 1 heterocycles. The number of ether oxygens (including phenoxy) is 1. The van der Waals surface area contributed by atoms with Crippen LogP contribution in [0.4, 0.5) is 0 Å². The number of aliphatic carboxylic acids is 1. The highest BCUT2D eigenvalue weighted by Crippen LogP contribution is 2.28. The third kappa shape index (κ3) is 4.83. The molecule has 1 aliphatic rings. The molecule has 0 aliphatic carbocycles. The topological polar surface area (TPSA) is 75.6 Å². The number of carboxylic acid groups (broad SMARTS) is 1. The Bertz CT molecular complexity index is 830. The Labute approximate surface area is 163 Å². The average Bonchev–Trinajstić information content (AvgIpc) is 3.11. The Kier molecular flexibility index (Phi) is 6.06. The van der Waals surface area contributed by atoms with E-state index in [9.17, 15) is 14.7 Å². The minimum absolute atomic E-state index is 0.126. The quantitative estimate of drug-likeness (QED) is 0.766. The van der Waals surface area contributed by atoms with Crippen LogP contribution < -0.4 is 10.1 Å². The zero-order valence-electron chi connectivity index (χ0n) is 15.2. The number of carbonyl (C=O) groups excluding carboxylic acids is 1. The van der Waals surface area contributed by atoms with E-state index in [1.165, 1.54) is 5.56 Å². The first-order chi connectivity index (χ1) is 13.0. The summed E-state index contributed by atoms with van der Waals surface area (Å²) in [5.74, 6) is 0.600. The molecule has 2 aromatic carbocycles. The van der Waals surface area contributed by atoms with Gasteiger partial charge in [0.1, 0.15) is 17.9 Å². The molecule has 1 fully saturated rings. The molecule has 142 valence electrons. The van der Waals surface area contributed by atoms with Gasteiger partial charge in [0.25, 0.3) is 0 Å². The molecule has 0 bridgehead atoms. The van der Waals surface area contributed by atoms with Gasteiger partial charge in [-0.1, -0.05) is 36.4 Å². The molecular weight excluding hydrogens is 362 g/mol. The number of carbonyl (C=O) groups is 2. The standard InChI is InChI=1S/C21H23NO4S/c1-15-5-2-3-7-17(15)13-26-18-8-4-6-16(11-18)12-19(23)22-21(20(24)25)9-10-27-14-21/h2-8,11H,9-10,12-14H2,1H3,(H,22,23)(H,24,25). The number of nitrogens with one attached hydrogen (secondary N) is 1. The van der Waals surface area contributed by atoms with Crippen molar-refractivity contribution in [3.8, 4) is 5.75 Å². The number of hydrogen-bond donors (Lipinski definition) is 2. The number of carboxylic acids is 1. The maximum atomic E-state index is 12.4. The van der Waals surface area contributed by atoms with E-state index in [1.807, 2.05) is 55.5 Å². The van der Waals surface area contributed by atoms with Gasteiger partial charge < -0.3 is 15.2 Å². The lowest BCUT2D eigenvalue weighted by Gasteiger charge is -2.24. The van der Waals surface area contributed by atoms with E-state index in [2.05, 4.69) is 5.32 Å². The summed E-state index contributed by atoms with van der Waals surface area (Å²) < 4.78 is 5.86. The maximum absolute atomic E-state index is 12.4. The van der Waals surface area contributed by atoms with E-state index in [0.29, 0.717) is 24.5 Å². The molecule has 5 nitrogen and oxygen atoms in total. The van der Waals surface area contributed by atoms with Crippen molar-refractivity contribution in [3.05, 3.63) is 65.2 Å². The Morgan fingerprint density at radius 3 is 2.74 bits per heavy atom. The molecule has 0 radical (unpaired) electrons. The molecule has 2 N–H and O–H groups in total. The van der Waals surface area contributed by atoms with E-state index in [-0.39, 0.29) is 12.3 Å². The zero-order valence-corrected chi connectivity index (χ0v) is 16.1. The van der Waals surface area contributed by atoms with E-state index in [4.69, 9.17) is 4.74 Å². The van der Waals surface area contributed by atoms with Crippen molar-refractivity contribution in [1.29, 1.82) is 0 Å². The van der Waals surface area contributed by atoms with Crippen LogP contribution in [0.25, 0.3) is 0 Å². The molecule has 2 aromatic rings. The number of hydrogen-bond acceptors (Lipinski definition) is 4. The van der Waals surface area contributed by atoms with Crippen molar-refractivity contribution in [2.75, 3.05) is 11.5 Å². The highest BCUT2D eigenvalue weighted by Gasteiger charge is 2.43. The van der Waals surface area contributed by atoms with Gasteiger partial charge in [0.2, 0.25) is 5.91 Å². The van der Waals surface area contributed by atoms with Crippen LogP contribution in [-0.2, 0) is 22.6 Å². The smallest absolute Gasteiger partial charge is 0.330 e. The van der Waals surface area contributed by atoms with Gasteiger partial charge in [0, 0.05) is 5.75 Å². The average molecular weight is 385 g/mol. The van der Waals surface area contributed by atoms with Gasteiger partial charge in [-0.2, -0.15) is 11.8 Å². The van der Waals surface area contributed by atoms with Gasteiger partial charge in [-0.3, -0.25) is 4.79 Å². The van der Waals surface area contributed by atoms with Crippen molar-refractivity contribution in [1.82, 2.24) is 5.32 Å². The summed E-state index contributed by atoms with van der Waals surface area (Å²) >= 11 is 1.55. The second kappa shape index (κ2) is 8.48. The fourth-order valence-corrected chi connectivity index (χ4v) is 4.39. The molecule has 1 unspecified atom stereocenters. The number of benzene rings is 2. The van der Waals surface area contributed by atoms with Crippen LogP contribution in [0.3, 0.4) is 0 Å². The van der Waals surface area contributed by atoms with Crippen LogP contribution in [0.1, 0.15) is 23.1 Å². The van der Waals surface area contributed by atoms with Crippen molar-refractivity contribution < 1.29 is 19.4 Å². The Morgan fingerprint density at radius 1 is 1.22 bits per heavy atom. The molecule has 0 aromatic heterocycles. The van der Waals surface area contributed by atoms with Gasteiger partial charge in [-0.05, 0) is 47.9 Å². The Balaban J connectivity index is 1.61. The highest BCUT2D eigenvalue weighted by atomic mass is 32.2. The molecule has 1 amide bonds. The van der Waals surface area contributed by atoms with Crippen LogP contribution in [0.2, 0.25) is 0 Å². The molecule has 1 saturated heterocycles. The lowest BCUT2D eigenvalue weighted by atomic mass is 9.98. The number of amides is 1. The first kappa shape index (κ1) is 19.3. The fourth-order valence-electron chi connectivity index (χ4n) is 3.06. The van der Waals surface area contributed by atoms with Gasteiger partial charge in [0.15, 0.2) is 0 Å². The van der Waals surface area contributed by atoms with Crippen LogP contribution in [-0.4, -0.2) is 34.0 Å². The first-order valence-electron chi connectivity index (χ1n) is 8.87. The number of aryl methyl sites for hydroxylation is 1. The summed E-state index contributed by atoms with van der Waals surface area (Å²) in [4.78, 5) is 24.0. The zero-order chi connectivity index (χ0) is 19.3. The predicted molar refractivity (Wildman–Crippen MR) is 106 cm³/mol. The van der Waals surface area contributed by atoms with Crippen molar-refractivity contribution in [3.63, 3.8) is 0 Å². The monoisotopic (exact) mass is 385 g/mol. The second-order valence-corrected chi connectivity index (χ2v) is 7.88. The Morgan fingerprint density at radius 2 is 2.04 bits per heavy atom. The third-order valence-corrected chi connectivity index (χ3v) is 5.92. The van der Waals surface area contributed by atoms with E-state index in [0.717, 1.165) is 16.9 Å².